The molecule has 0 aliphatic heterocycles. The van der Waals surface area contributed by atoms with E-state index in [2.05, 4.69) is 10.3 Å². The molecule has 0 aliphatic carbocycles. The molecule has 0 bridgehead atoms. The van der Waals surface area contributed by atoms with Crippen LogP contribution in [0, 0.1) is 5.92 Å². The van der Waals surface area contributed by atoms with Gasteiger partial charge < -0.3 is 5.32 Å². The summed E-state index contributed by atoms with van der Waals surface area (Å²) in [6.07, 6.45) is -2.86. The summed E-state index contributed by atoms with van der Waals surface area (Å²) in [5, 5.41) is 3.32. The lowest BCUT2D eigenvalue weighted by Gasteiger charge is -2.04. The van der Waals surface area contributed by atoms with E-state index >= 15 is 0 Å². The first kappa shape index (κ1) is 14.4. The minimum atomic E-state index is -4.35. The van der Waals surface area contributed by atoms with Crippen molar-refractivity contribution >= 4 is 11.3 Å². The van der Waals surface area contributed by atoms with Gasteiger partial charge in [-0.05, 0) is 25.8 Å². The zero-order valence-electron chi connectivity index (χ0n) is 10.2. The van der Waals surface area contributed by atoms with Crippen LogP contribution in [0.4, 0.5) is 13.2 Å². The molecule has 6 heteroatoms. The van der Waals surface area contributed by atoms with Crippen molar-refractivity contribution < 1.29 is 13.2 Å². The lowest BCUT2D eigenvalue weighted by molar-refractivity contribution is -0.141. The van der Waals surface area contributed by atoms with Gasteiger partial charge in [0.1, 0.15) is 0 Å². The summed E-state index contributed by atoms with van der Waals surface area (Å²) in [6.45, 7) is 4.31. The fraction of sp³-hybridized carbons (Fsp3) is 0.727. The zero-order chi connectivity index (χ0) is 13.1. The summed E-state index contributed by atoms with van der Waals surface area (Å²) in [6, 6.07) is 0. The molecule has 0 radical (unpaired) electrons. The van der Waals surface area contributed by atoms with Crippen molar-refractivity contribution in [3.63, 3.8) is 0 Å². The van der Waals surface area contributed by atoms with Crippen LogP contribution in [0.2, 0.25) is 0 Å². The van der Waals surface area contributed by atoms with Gasteiger partial charge in [0.25, 0.3) is 0 Å². The number of aromatic nitrogens is 1. The highest BCUT2D eigenvalue weighted by molar-refractivity contribution is 7.11. The van der Waals surface area contributed by atoms with Crippen molar-refractivity contribution in [3.05, 3.63) is 15.6 Å². The van der Waals surface area contributed by atoms with E-state index in [9.17, 15) is 13.2 Å². The van der Waals surface area contributed by atoms with Crippen LogP contribution in [-0.2, 0) is 19.1 Å². The van der Waals surface area contributed by atoms with Crippen LogP contribution in [0.15, 0.2) is 0 Å². The summed E-state index contributed by atoms with van der Waals surface area (Å²) in [7, 11) is 1.63. The molecule has 1 heterocycles. The van der Waals surface area contributed by atoms with Crippen LogP contribution in [0.3, 0.4) is 0 Å². The molecular weight excluding hydrogens is 249 g/mol. The first-order valence-electron chi connectivity index (χ1n) is 5.55. The molecule has 0 unspecified atom stereocenters. The maximum absolute atomic E-state index is 12.7. The molecule has 0 spiro atoms. The highest BCUT2D eigenvalue weighted by Crippen LogP contribution is 2.34. The Labute approximate surface area is 103 Å². The fourth-order valence-electron chi connectivity index (χ4n) is 1.42. The van der Waals surface area contributed by atoms with E-state index in [1.165, 1.54) is 0 Å². The second-order valence-corrected chi connectivity index (χ2v) is 5.51. The molecule has 1 aromatic heterocycles. The third-order valence-electron chi connectivity index (χ3n) is 2.28. The number of nitrogens with one attached hydrogen (secondary N) is 1. The lowest BCUT2D eigenvalue weighted by atomic mass is 10.1. The van der Waals surface area contributed by atoms with Gasteiger partial charge in [0.2, 0.25) is 0 Å². The molecule has 0 amide bonds. The minimum absolute atomic E-state index is 0.216. The van der Waals surface area contributed by atoms with Gasteiger partial charge in [-0.25, -0.2) is 4.98 Å². The van der Waals surface area contributed by atoms with Crippen molar-refractivity contribution in [1.82, 2.24) is 10.3 Å². The SMILES string of the molecule is CNCc1sc(CCC(C)C)nc1C(F)(F)F. The molecule has 0 aliphatic rings. The summed E-state index contributed by atoms with van der Waals surface area (Å²) in [4.78, 5) is 4.00. The number of alkyl halides is 3. The first-order valence-corrected chi connectivity index (χ1v) is 6.36. The van der Waals surface area contributed by atoms with Crippen molar-refractivity contribution in [1.29, 1.82) is 0 Å². The van der Waals surface area contributed by atoms with Crippen molar-refractivity contribution in [2.75, 3.05) is 7.05 Å². The second-order valence-electron chi connectivity index (χ2n) is 4.34. The van der Waals surface area contributed by atoms with Crippen LogP contribution in [0.5, 0.6) is 0 Å². The largest absolute Gasteiger partial charge is 0.434 e. The average molecular weight is 266 g/mol. The molecular formula is C11H17F3N2S. The van der Waals surface area contributed by atoms with E-state index in [0.29, 0.717) is 17.3 Å². The molecule has 0 fully saturated rings. The zero-order valence-corrected chi connectivity index (χ0v) is 11.0. The van der Waals surface area contributed by atoms with Gasteiger partial charge in [0.15, 0.2) is 5.69 Å². The molecule has 2 nitrogen and oxygen atoms in total. The molecule has 98 valence electrons. The Bertz CT molecular complexity index is 358. The predicted molar refractivity (Wildman–Crippen MR) is 63.0 cm³/mol. The average Bonchev–Trinajstić information content (AvgIpc) is 2.58. The van der Waals surface area contributed by atoms with E-state index < -0.39 is 11.9 Å². The Balaban J connectivity index is 2.88. The van der Waals surface area contributed by atoms with Gasteiger partial charge in [-0.2, -0.15) is 13.2 Å². The van der Waals surface area contributed by atoms with Gasteiger partial charge >= 0.3 is 6.18 Å². The number of thiazole rings is 1. The Morgan fingerprint density at radius 3 is 2.47 bits per heavy atom. The third kappa shape index (κ3) is 4.27. The number of aryl methyl sites for hydroxylation is 1. The monoisotopic (exact) mass is 266 g/mol. The number of rotatable bonds is 5. The first-order chi connectivity index (χ1) is 7.84. The van der Waals surface area contributed by atoms with Crippen LogP contribution < -0.4 is 5.32 Å². The molecule has 0 saturated carbocycles. The van der Waals surface area contributed by atoms with E-state index in [4.69, 9.17) is 0 Å². The Morgan fingerprint density at radius 1 is 1.35 bits per heavy atom. The Kier molecular flexibility index (Phi) is 4.94. The lowest BCUT2D eigenvalue weighted by Crippen LogP contribution is -2.12. The highest BCUT2D eigenvalue weighted by Gasteiger charge is 2.37. The van der Waals surface area contributed by atoms with E-state index in [1.54, 1.807) is 7.05 Å². The van der Waals surface area contributed by atoms with E-state index in [1.807, 2.05) is 13.8 Å². The smallest absolute Gasteiger partial charge is 0.315 e. The number of nitrogens with zero attached hydrogens (tertiary/aromatic N) is 1. The van der Waals surface area contributed by atoms with Crippen LogP contribution in [0.25, 0.3) is 0 Å². The molecule has 0 atom stereocenters. The van der Waals surface area contributed by atoms with Gasteiger partial charge in [0, 0.05) is 6.54 Å². The quantitative estimate of drug-likeness (QED) is 0.882. The van der Waals surface area contributed by atoms with Crippen molar-refractivity contribution in [2.24, 2.45) is 5.92 Å². The van der Waals surface area contributed by atoms with Crippen LogP contribution in [0.1, 0.15) is 35.8 Å². The normalized spacial score (nSPS) is 12.4. The molecule has 0 saturated heterocycles. The minimum Gasteiger partial charge on any atom is -0.315 e. The number of halogens is 3. The van der Waals surface area contributed by atoms with Crippen molar-refractivity contribution in [2.45, 2.75) is 39.4 Å². The van der Waals surface area contributed by atoms with E-state index in [0.717, 1.165) is 17.8 Å². The summed E-state index contributed by atoms with van der Waals surface area (Å²) in [5.41, 5.74) is -0.726. The van der Waals surface area contributed by atoms with Gasteiger partial charge in [-0.15, -0.1) is 11.3 Å². The summed E-state index contributed by atoms with van der Waals surface area (Å²) < 4.78 is 38.1. The summed E-state index contributed by atoms with van der Waals surface area (Å²) in [5.74, 6) is 0.473. The predicted octanol–water partition coefficient (Wildman–Crippen LogP) is 3.47. The number of hydrogen-bond acceptors (Lipinski definition) is 3. The highest BCUT2D eigenvalue weighted by atomic mass is 32.1. The molecule has 0 aromatic carbocycles. The fourth-order valence-corrected chi connectivity index (χ4v) is 2.54. The molecule has 1 rings (SSSR count). The third-order valence-corrected chi connectivity index (χ3v) is 3.40. The molecule has 1 aromatic rings. The number of hydrogen-bond donors (Lipinski definition) is 1. The van der Waals surface area contributed by atoms with Crippen LogP contribution >= 0.6 is 11.3 Å². The van der Waals surface area contributed by atoms with Gasteiger partial charge in [0.05, 0.1) is 9.88 Å². The Morgan fingerprint density at radius 2 is 2.00 bits per heavy atom. The van der Waals surface area contributed by atoms with Gasteiger partial charge in [-0.1, -0.05) is 13.8 Å². The molecule has 1 N–H and O–H groups in total. The van der Waals surface area contributed by atoms with E-state index in [-0.39, 0.29) is 11.4 Å². The Hall–Kier alpha value is -0.620. The van der Waals surface area contributed by atoms with Crippen LogP contribution in [-0.4, -0.2) is 12.0 Å². The maximum Gasteiger partial charge on any atom is 0.434 e. The summed E-state index contributed by atoms with van der Waals surface area (Å²) >= 11 is 1.16. The maximum atomic E-state index is 12.7. The molecule has 17 heavy (non-hydrogen) atoms. The second kappa shape index (κ2) is 5.82. The van der Waals surface area contributed by atoms with Crippen molar-refractivity contribution in [3.8, 4) is 0 Å². The topological polar surface area (TPSA) is 24.9 Å². The van der Waals surface area contributed by atoms with Gasteiger partial charge in [-0.3, -0.25) is 0 Å². The standard InChI is InChI=1S/C11H17F3N2S/c1-7(2)4-5-9-16-10(11(12,13)14)8(17-9)6-15-3/h7,15H,4-6H2,1-3H3.